The fourth-order valence-electron chi connectivity index (χ4n) is 2.56. The third kappa shape index (κ3) is 3.92. The average molecular weight is 337 g/mol. The zero-order valence-corrected chi connectivity index (χ0v) is 13.8. The van der Waals surface area contributed by atoms with E-state index in [-0.39, 0.29) is 12.5 Å². The molecule has 2 aromatic rings. The molecule has 0 bridgehead atoms. The molecule has 3 rings (SSSR count). The van der Waals surface area contributed by atoms with Crippen molar-refractivity contribution in [2.24, 2.45) is 5.92 Å². The minimum Gasteiger partial charge on any atom is -0.396 e. The van der Waals surface area contributed by atoms with Gasteiger partial charge < -0.3 is 10.4 Å². The molecule has 1 saturated heterocycles. The summed E-state index contributed by atoms with van der Waals surface area (Å²) in [5.74, 6) is 0.376. The molecule has 0 unspecified atom stereocenters. The Morgan fingerprint density at radius 2 is 2.23 bits per heavy atom. The summed E-state index contributed by atoms with van der Waals surface area (Å²) in [6, 6.07) is 4.02. The highest BCUT2D eigenvalue weighted by atomic mass is 32.1. The van der Waals surface area contributed by atoms with E-state index in [0.29, 0.717) is 17.6 Å². The van der Waals surface area contributed by atoms with Crippen molar-refractivity contribution in [3.63, 3.8) is 0 Å². The van der Waals surface area contributed by atoms with E-state index in [1.54, 1.807) is 11.3 Å². The third-order valence-corrected chi connectivity index (χ3v) is 5.51. The average Bonchev–Trinajstić information content (AvgIpc) is 3.19. The first-order valence-electron chi connectivity index (χ1n) is 7.37. The second kappa shape index (κ2) is 7.32. The number of hydrogen-bond acceptors (Lipinski definition) is 6. The van der Waals surface area contributed by atoms with Crippen LogP contribution in [0.3, 0.4) is 0 Å². The quantitative estimate of drug-likeness (QED) is 0.880. The molecule has 1 aliphatic rings. The van der Waals surface area contributed by atoms with Crippen molar-refractivity contribution in [3.8, 4) is 10.6 Å². The highest BCUT2D eigenvalue weighted by Crippen LogP contribution is 2.28. The molecule has 0 atom stereocenters. The number of thiophene rings is 1. The van der Waals surface area contributed by atoms with E-state index in [2.05, 4.69) is 15.2 Å². The van der Waals surface area contributed by atoms with Gasteiger partial charge in [0.05, 0.1) is 17.1 Å². The van der Waals surface area contributed by atoms with Crippen LogP contribution in [0.1, 0.15) is 12.8 Å². The van der Waals surface area contributed by atoms with Crippen molar-refractivity contribution < 1.29 is 9.90 Å². The Morgan fingerprint density at radius 1 is 1.41 bits per heavy atom. The van der Waals surface area contributed by atoms with Crippen molar-refractivity contribution in [2.75, 3.05) is 31.6 Å². The number of nitrogens with zero attached hydrogens (tertiary/aromatic N) is 2. The van der Waals surface area contributed by atoms with Crippen LogP contribution >= 0.6 is 22.7 Å². The summed E-state index contributed by atoms with van der Waals surface area (Å²) in [6.45, 7) is 2.39. The van der Waals surface area contributed by atoms with Crippen LogP contribution in [-0.2, 0) is 4.79 Å². The lowest BCUT2D eigenvalue weighted by Crippen LogP contribution is -2.39. The van der Waals surface area contributed by atoms with Gasteiger partial charge in [0.2, 0.25) is 5.91 Å². The van der Waals surface area contributed by atoms with Crippen LogP contribution in [-0.4, -0.2) is 47.1 Å². The lowest BCUT2D eigenvalue weighted by molar-refractivity contribution is -0.117. The Bertz CT molecular complexity index is 604. The molecule has 2 aromatic heterocycles. The van der Waals surface area contributed by atoms with E-state index >= 15 is 0 Å². The summed E-state index contributed by atoms with van der Waals surface area (Å²) < 4.78 is 0. The molecule has 3 heterocycles. The number of carbonyl (C=O) groups excluding carboxylic acids is 1. The summed E-state index contributed by atoms with van der Waals surface area (Å²) in [6.07, 6.45) is 1.92. The van der Waals surface area contributed by atoms with Gasteiger partial charge in [-0.15, -0.1) is 22.7 Å². The largest absolute Gasteiger partial charge is 0.396 e. The van der Waals surface area contributed by atoms with Crippen molar-refractivity contribution in [3.05, 3.63) is 22.9 Å². The molecular weight excluding hydrogens is 318 g/mol. The van der Waals surface area contributed by atoms with Gasteiger partial charge in [0.25, 0.3) is 0 Å². The Labute approximate surface area is 137 Å². The molecule has 1 aliphatic heterocycles. The maximum Gasteiger partial charge on any atom is 0.240 e. The molecule has 0 spiro atoms. The third-order valence-electron chi connectivity index (χ3n) is 3.86. The Hall–Kier alpha value is -1.28. The number of nitrogens with one attached hydrogen (secondary N) is 1. The molecule has 0 radical (unpaired) electrons. The smallest absolute Gasteiger partial charge is 0.240 e. The molecule has 1 fully saturated rings. The minimum absolute atomic E-state index is 0.0190. The number of amides is 1. The predicted molar refractivity (Wildman–Crippen MR) is 90.3 cm³/mol. The first-order chi connectivity index (χ1) is 10.7. The van der Waals surface area contributed by atoms with E-state index in [9.17, 15) is 4.79 Å². The fourth-order valence-corrected chi connectivity index (χ4v) is 4.05. The Balaban J connectivity index is 1.50. The van der Waals surface area contributed by atoms with Gasteiger partial charge in [-0.3, -0.25) is 9.69 Å². The number of likely N-dealkylation sites (tertiary alicyclic amines) is 1. The molecule has 7 heteroatoms. The second-order valence-corrected chi connectivity index (χ2v) is 7.27. The van der Waals surface area contributed by atoms with E-state index in [1.165, 1.54) is 11.3 Å². The predicted octanol–water partition coefficient (Wildman–Crippen LogP) is 2.51. The molecule has 0 saturated carbocycles. The number of piperidine rings is 1. The monoisotopic (exact) mass is 337 g/mol. The number of aliphatic hydroxyl groups is 1. The standard InChI is InChI=1S/C15H19N3O2S2/c19-9-11-3-5-18(6-4-11)8-14(20)17-15-16-12(10-22-15)13-2-1-7-21-13/h1-2,7,10-11,19H,3-6,8-9H2,(H,16,17,20). The van der Waals surface area contributed by atoms with E-state index in [4.69, 9.17) is 5.11 Å². The van der Waals surface area contributed by atoms with Crippen LogP contribution in [0.5, 0.6) is 0 Å². The molecule has 5 nitrogen and oxygen atoms in total. The van der Waals surface area contributed by atoms with Crippen molar-refractivity contribution in [1.82, 2.24) is 9.88 Å². The highest BCUT2D eigenvalue weighted by Gasteiger charge is 2.20. The first kappa shape index (κ1) is 15.6. The van der Waals surface area contributed by atoms with Crippen molar-refractivity contribution >= 4 is 33.7 Å². The van der Waals surface area contributed by atoms with Crippen LogP contribution in [0, 0.1) is 5.92 Å². The van der Waals surface area contributed by atoms with Gasteiger partial charge in [-0.25, -0.2) is 4.98 Å². The van der Waals surface area contributed by atoms with Crippen LogP contribution in [0.15, 0.2) is 22.9 Å². The summed E-state index contributed by atoms with van der Waals surface area (Å²) in [5, 5.41) is 16.6. The Kier molecular flexibility index (Phi) is 5.20. The minimum atomic E-state index is -0.0190. The normalized spacial score (nSPS) is 16.8. The number of rotatable bonds is 5. The SMILES string of the molecule is O=C(CN1CCC(CO)CC1)Nc1nc(-c2cccs2)cs1. The zero-order valence-electron chi connectivity index (χ0n) is 12.2. The summed E-state index contributed by atoms with van der Waals surface area (Å²) in [4.78, 5) is 19.8. The maximum atomic E-state index is 12.1. The Morgan fingerprint density at radius 3 is 2.91 bits per heavy atom. The number of thiazole rings is 1. The van der Waals surface area contributed by atoms with Crippen LogP contribution < -0.4 is 5.32 Å². The highest BCUT2D eigenvalue weighted by molar-refractivity contribution is 7.16. The van der Waals surface area contributed by atoms with Gasteiger partial charge in [-0.05, 0) is 43.3 Å². The fraction of sp³-hybridized carbons (Fsp3) is 0.467. The number of carbonyl (C=O) groups is 1. The van der Waals surface area contributed by atoms with Gasteiger partial charge in [0, 0.05) is 12.0 Å². The number of hydrogen-bond donors (Lipinski definition) is 2. The summed E-state index contributed by atoms with van der Waals surface area (Å²) >= 11 is 3.10. The van der Waals surface area contributed by atoms with Gasteiger partial charge >= 0.3 is 0 Å². The molecular formula is C15H19N3O2S2. The first-order valence-corrected chi connectivity index (χ1v) is 9.13. The van der Waals surface area contributed by atoms with Crippen molar-refractivity contribution in [1.29, 1.82) is 0 Å². The number of aromatic nitrogens is 1. The van der Waals surface area contributed by atoms with Crippen LogP contribution in [0.2, 0.25) is 0 Å². The van der Waals surface area contributed by atoms with E-state index in [1.807, 2.05) is 22.9 Å². The van der Waals surface area contributed by atoms with Gasteiger partial charge in [-0.2, -0.15) is 0 Å². The molecule has 0 aromatic carbocycles. The molecule has 0 aliphatic carbocycles. The van der Waals surface area contributed by atoms with E-state index < -0.39 is 0 Å². The van der Waals surface area contributed by atoms with E-state index in [0.717, 1.165) is 36.5 Å². The molecule has 118 valence electrons. The topological polar surface area (TPSA) is 65.5 Å². The molecule has 2 N–H and O–H groups in total. The lowest BCUT2D eigenvalue weighted by Gasteiger charge is -2.30. The van der Waals surface area contributed by atoms with Gasteiger partial charge in [-0.1, -0.05) is 6.07 Å². The second-order valence-electron chi connectivity index (χ2n) is 5.47. The van der Waals surface area contributed by atoms with Crippen LogP contribution in [0.4, 0.5) is 5.13 Å². The summed E-state index contributed by atoms with van der Waals surface area (Å²) in [5.41, 5.74) is 0.916. The zero-order chi connectivity index (χ0) is 15.4. The van der Waals surface area contributed by atoms with Crippen LogP contribution in [0.25, 0.3) is 10.6 Å². The van der Waals surface area contributed by atoms with Crippen molar-refractivity contribution in [2.45, 2.75) is 12.8 Å². The van der Waals surface area contributed by atoms with Gasteiger partial charge in [0.15, 0.2) is 5.13 Å². The maximum absolute atomic E-state index is 12.1. The molecule has 1 amide bonds. The number of aliphatic hydroxyl groups excluding tert-OH is 1. The van der Waals surface area contributed by atoms with Gasteiger partial charge in [0.1, 0.15) is 0 Å². The summed E-state index contributed by atoms with van der Waals surface area (Å²) in [7, 11) is 0. The lowest BCUT2D eigenvalue weighted by atomic mass is 9.98. The molecule has 22 heavy (non-hydrogen) atoms. The number of anilines is 1.